The van der Waals surface area contributed by atoms with E-state index in [-0.39, 0.29) is 11.4 Å². The summed E-state index contributed by atoms with van der Waals surface area (Å²) in [6.45, 7) is 6.93. The van der Waals surface area contributed by atoms with Gasteiger partial charge in [0.05, 0.1) is 6.10 Å². The van der Waals surface area contributed by atoms with Gasteiger partial charge in [0.25, 0.3) is 0 Å². The van der Waals surface area contributed by atoms with Crippen molar-refractivity contribution in [3.63, 3.8) is 0 Å². The zero-order valence-corrected chi connectivity index (χ0v) is 13.6. The molecule has 0 bridgehead atoms. The number of hydrogen-bond donors (Lipinski definition) is 2. The molecule has 0 spiro atoms. The largest absolute Gasteiger partial charge is 0.392 e. The van der Waals surface area contributed by atoms with Gasteiger partial charge in [-0.3, -0.25) is 0 Å². The topological polar surface area (TPSA) is 52.6 Å². The van der Waals surface area contributed by atoms with Gasteiger partial charge in [0.2, 0.25) is 0 Å². The Bertz CT molecular complexity index is 428. The van der Waals surface area contributed by atoms with Crippen LogP contribution in [0.5, 0.6) is 0 Å². The molecular weight excluding hydrogens is 264 g/mol. The van der Waals surface area contributed by atoms with Crippen molar-refractivity contribution in [3.8, 4) is 0 Å². The van der Waals surface area contributed by atoms with E-state index in [2.05, 4.69) is 31.3 Å². The summed E-state index contributed by atoms with van der Waals surface area (Å²) in [7, 11) is 1.70. The molecule has 0 heterocycles. The molecule has 4 nitrogen and oxygen atoms in total. The Balaban J connectivity index is 2.74. The van der Waals surface area contributed by atoms with E-state index in [4.69, 9.17) is 0 Å². The molecule has 2 N–H and O–H groups in total. The average Bonchev–Trinajstić information content (AvgIpc) is 2.49. The number of rotatable bonds is 7. The van der Waals surface area contributed by atoms with Crippen molar-refractivity contribution in [1.29, 1.82) is 0 Å². The number of benzene rings is 1. The summed E-state index contributed by atoms with van der Waals surface area (Å²) in [6.07, 6.45) is 1.42. The number of hydrogen-bond acceptors (Lipinski definition) is 2. The fourth-order valence-corrected chi connectivity index (χ4v) is 2.66. The molecule has 0 aliphatic heterocycles. The summed E-state index contributed by atoms with van der Waals surface area (Å²) in [4.78, 5) is 13.6. The summed E-state index contributed by atoms with van der Waals surface area (Å²) in [6, 6.07) is 10.2. The van der Waals surface area contributed by atoms with Gasteiger partial charge in [-0.2, -0.15) is 0 Å². The lowest BCUT2D eigenvalue weighted by atomic mass is 9.76. The lowest BCUT2D eigenvalue weighted by Crippen LogP contribution is -2.46. The zero-order valence-electron chi connectivity index (χ0n) is 13.6. The lowest BCUT2D eigenvalue weighted by molar-refractivity contribution is 0.142. The van der Waals surface area contributed by atoms with Crippen molar-refractivity contribution < 1.29 is 9.90 Å². The van der Waals surface area contributed by atoms with Crippen LogP contribution in [0.3, 0.4) is 0 Å². The molecule has 1 aromatic rings. The molecule has 0 radical (unpaired) electrons. The fourth-order valence-electron chi connectivity index (χ4n) is 2.66. The van der Waals surface area contributed by atoms with Gasteiger partial charge in [-0.15, -0.1) is 0 Å². The summed E-state index contributed by atoms with van der Waals surface area (Å²) < 4.78 is 0. The van der Waals surface area contributed by atoms with Crippen molar-refractivity contribution in [3.05, 3.63) is 35.9 Å². The van der Waals surface area contributed by atoms with Crippen LogP contribution in [-0.4, -0.2) is 42.3 Å². The second kappa shape index (κ2) is 8.03. The predicted octanol–water partition coefficient (Wildman–Crippen LogP) is 2.77. The molecule has 1 unspecified atom stereocenters. The third-order valence-corrected chi connectivity index (χ3v) is 4.20. The maximum Gasteiger partial charge on any atom is 0.317 e. The quantitative estimate of drug-likeness (QED) is 0.812. The molecule has 0 fully saturated rings. The number of likely N-dealkylation sites (N-methyl/N-ethyl adjacent to an activating group) is 1. The standard InChI is InChI=1S/C17H28N2O2/c1-5-17(6-2,15-10-8-7-9-11-15)13-18-16(21)19(4)12-14(3)20/h7-11,14,20H,5-6,12-13H2,1-4H3,(H,18,21). The number of carbonyl (C=O) groups is 1. The van der Waals surface area contributed by atoms with Crippen LogP contribution in [0.25, 0.3) is 0 Å². The van der Waals surface area contributed by atoms with Gasteiger partial charge in [-0.05, 0) is 25.3 Å². The van der Waals surface area contributed by atoms with E-state index in [0.29, 0.717) is 13.1 Å². The highest BCUT2D eigenvalue weighted by atomic mass is 16.3. The molecule has 21 heavy (non-hydrogen) atoms. The summed E-state index contributed by atoms with van der Waals surface area (Å²) >= 11 is 0. The second-order valence-corrected chi connectivity index (χ2v) is 5.74. The number of nitrogens with zero attached hydrogens (tertiary/aromatic N) is 1. The molecule has 4 heteroatoms. The first kappa shape index (κ1) is 17.5. The Morgan fingerprint density at radius 2 is 1.86 bits per heavy atom. The SMILES string of the molecule is CCC(CC)(CNC(=O)N(C)CC(C)O)c1ccccc1. The number of carbonyl (C=O) groups excluding carboxylic acids is 1. The Hall–Kier alpha value is -1.55. The molecule has 1 atom stereocenters. The Kier molecular flexibility index (Phi) is 6.69. The molecular formula is C17H28N2O2. The van der Waals surface area contributed by atoms with Crippen LogP contribution in [0.1, 0.15) is 39.2 Å². The molecule has 0 aliphatic rings. The maximum atomic E-state index is 12.1. The third kappa shape index (κ3) is 4.74. The van der Waals surface area contributed by atoms with Crippen LogP contribution < -0.4 is 5.32 Å². The Labute approximate surface area is 128 Å². The zero-order chi connectivity index (χ0) is 15.9. The average molecular weight is 292 g/mol. The van der Waals surface area contributed by atoms with Gasteiger partial charge in [0, 0.05) is 25.6 Å². The highest BCUT2D eigenvalue weighted by molar-refractivity contribution is 5.74. The summed E-state index contributed by atoms with van der Waals surface area (Å²) in [5, 5.41) is 12.4. The van der Waals surface area contributed by atoms with E-state index in [9.17, 15) is 9.90 Å². The molecule has 0 saturated carbocycles. The first-order valence-electron chi connectivity index (χ1n) is 7.67. The van der Waals surface area contributed by atoms with Crippen LogP contribution >= 0.6 is 0 Å². The van der Waals surface area contributed by atoms with Crippen molar-refractivity contribution in [2.45, 2.75) is 45.1 Å². The molecule has 118 valence electrons. The number of amides is 2. The summed E-state index contributed by atoms with van der Waals surface area (Å²) in [5.74, 6) is 0. The molecule has 1 aromatic carbocycles. The monoisotopic (exact) mass is 292 g/mol. The van der Waals surface area contributed by atoms with Crippen molar-refractivity contribution in [2.75, 3.05) is 20.1 Å². The van der Waals surface area contributed by atoms with Crippen LogP contribution in [0.15, 0.2) is 30.3 Å². The van der Waals surface area contributed by atoms with Gasteiger partial charge in [0.15, 0.2) is 0 Å². The van der Waals surface area contributed by atoms with Crippen LogP contribution in [0.2, 0.25) is 0 Å². The van der Waals surface area contributed by atoms with Crippen molar-refractivity contribution in [2.24, 2.45) is 0 Å². The highest BCUT2D eigenvalue weighted by Gasteiger charge is 2.29. The van der Waals surface area contributed by atoms with Gasteiger partial charge in [0.1, 0.15) is 0 Å². The van der Waals surface area contributed by atoms with Gasteiger partial charge in [-0.1, -0.05) is 44.2 Å². The second-order valence-electron chi connectivity index (χ2n) is 5.74. The van der Waals surface area contributed by atoms with Gasteiger partial charge < -0.3 is 15.3 Å². The van der Waals surface area contributed by atoms with Crippen molar-refractivity contribution in [1.82, 2.24) is 10.2 Å². The van der Waals surface area contributed by atoms with E-state index >= 15 is 0 Å². The molecule has 0 aliphatic carbocycles. The minimum Gasteiger partial charge on any atom is -0.392 e. The smallest absolute Gasteiger partial charge is 0.317 e. The number of aliphatic hydroxyl groups excluding tert-OH is 1. The van der Waals surface area contributed by atoms with Crippen LogP contribution in [0, 0.1) is 0 Å². The number of urea groups is 1. The number of aliphatic hydroxyl groups is 1. The highest BCUT2D eigenvalue weighted by Crippen LogP contribution is 2.30. The molecule has 0 saturated heterocycles. The van der Waals surface area contributed by atoms with Crippen molar-refractivity contribution >= 4 is 6.03 Å². The summed E-state index contributed by atoms with van der Waals surface area (Å²) in [5.41, 5.74) is 1.22. The molecule has 2 amide bonds. The van der Waals surface area contributed by atoms with E-state index in [1.54, 1.807) is 14.0 Å². The van der Waals surface area contributed by atoms with Gasteiger partial charge in [-0.25, -0.2) is 4.79 Å². The Morgan fingerprint density at radius 3 is 2.33 bits per heavy atom. The van der Waals surface area contributed by atoms with Gasteiger partial charge >= 0.3 is 6.03 Å². The first-order valence-corrected chi connectivity index (χ1v) is 7.67. The predicted molar refractivity (Wildman–Crippen MR) is 86.4 cm³/mol. The van der Waals surface area contributed by atoms with E-state index in [0.717, 1.165) is 12.8 Å². The first-order chi connectivity index (χ1) is 9.95. The lowest BCUT2D eigenvalue weighted by Gasteiger charge is -2.33. The third-order valence-electron chi connectivity index (χ3n) is 4.20. The minimum absolute atomic E-state index is 0.0391. The van der Waals surface area contributed by atoms with E-state index < -0.39 is 6.10 Å². The Morgan fingerprint density at radius 1 is 1.29 bits per heavy atom. The minimum atomic E-state index is -0.517. The van der Waals surface area contributed by atoms with Crippen LogP contribution in [0.4, 0.5) is 4.79 Å². The normalized spacial score (nSPS) is 12.8. The van der Waals surface area contributed by atoms with E-state index in [1.165, 1.54) is 10.5 Å². The number of nitrogens with one attached hydrogen (secondary N) is 1. The fraction of sp³-hybridized carbons (Fsp3) is 0.588. The maximum absolute atomic E-state index is 12.1. The van der Waals surface area contributed by atoms with E-state index in [1.807, 2.05) is 18.2 Å². The van der Waals surface area contributed by atoms with Crippen LogP contribution in [-0.2, 0) is 5.41 Å². The molecule has 1 rings (SSSR count). The molecule has 0 aromatic heterocycles.